The van der Waals surface area contributed by atoms with Gasteiger partial charge in [-0.05, 0) is 35.6 Å². The van der Waals surface area contributed by atoms with Gasteiger partial charge in [-0.15, -0.1) is 11.3 Å². The molecule has 0 N–H and O–H groups in total. The summed E-state index contributed by atoms with van der Waals surface area (Å²) in [5.41, 5.74) is 1.15. The number of hydrogen-bond donors (Lipinski definition) is 0. The molecule has 117 valence electrons. The summed E-state index contributed by atoms with van der Waals surface area (Å²) < 4.78 is 1.06. The quantitative estimate of drug-likeness (QED) is 0.560. The van der Waals surface area contributed by atoms with Crippen LogP contribution in [0.15, 0.2) is 46.3 Å². The molecule has 0 atom stereocenters. The minimum atomic E-state index is 0.129. The third-order valence-electron chi connectivity index (χ3n) is 3.40. The van der Waals surface area contributed by atoms with Gasteiger partial charge in [0.1, 0.15) is 0 Å². The molecule has 0 unspecified atom stereocenters. The van der Waals surface area contributed by atoms with Crippen LogP contribution in [0.5, 0.6) is 0 Å². The molecule has 0 saturated carbocycles. The zero-order valence-electron chi connectivity index (χ0n) is 12.8. The van der Waals surface area contributed by atoms with Crippen molar-refractivity contribution in [2.45, 2.75) is 39.3 Å². The first-order valence-electron chi connectivity index (χ1n) is 7.58. The van der Waals surface area contributed by atoms with Crippen LogP contribution in [-0.2, 0) is 17.9 Å². The van der Waals surface area contributed by atoms with Gasteiger partial charge in [0.25, 0.3) is 0 Å². The summed E-state index contributed by atoms with van der Waals surface area (Å²) in [6.45, 7) is 3.46. The second-order valence-electron chi connectivity index (χ2n) is 5.25. The monoisotopic (exact) mass is 378 g/mol. The number of thiophene rings is 1. The van der Waals surface area contributed by atoms with Crippen LogP contribution in [0.25, 0.3) is 0 Å². The fraction of sp³-hybridized carbons (Fsp3) is 0.333. The Morgan fingerprint density at radius 3 is 2.64 bits per heavy atom. The van der Waals surface area contributed by atoms with E-state index in [1.165, 1.54) is 4.88 Å². The zero-order chi connectivity index (χ0) is 15.8. The van der Waals surface area contributed by atoms with Gasteiger partial charge in [-0.1, -0.05) is 53.9 Å². The van der Waals surface area contributed by atoms with E-state index in [0.29, 0.717) is 13.1 Å². The molecule has 2 nitrogen and oxygen atoms in total. The number of carbonyl (C=O) groups is 1. The van der Waals surface area contributed by atoms with Crippen LogP contribution < -0.4 is 0 Å². The molecule has 0 bridgehead atoms. The highest BCUT2D eigenvalue weighted by Crippen LogP contribution is 2.17. The van der Waals surface area contributed by atoms with Gasteiger partial charge in [0.05, 0.1) is 6.54 Å². The number of carbonyl (C=O) groups excluding carboxylic acids is 1. The molecule has 0 spiro atoms. The van der Waals surface area contributed by atoms with Gasteiger partial charge < -0.3 is 4.90 Å². The van der Waals surface area contributed by atoms with Crippen molar-refractivity contribution in [1.82, 2.24) is 4.90 Å². The molecule has 1 heterocycles. The molecule has 2 rings (SSSR count). The van der Waals surface area contributed by atoms with Crippen molar-refractivity contribution in [2.75, 3.05) is 0 Å². The molecule has 1 amide bonds. The minimum absolute atomic E-state index is 0.129. The third-order valence-corrected chi connectivity index (χ3v) is 4.79. The number of nitrogens with zero attached hydrogens (tertiary/aromatic N) is 1. The first-order valence-corrected chi connectivity index (χ1v) is 9.25. The van der Waals surface area contributed by atoms with Gasteiger partial charge in [-0.3, -0.25) is 4.79 Å². The summed E-state index contributed by atoms with van der Waals surface area (Å²) in [5, 5.41) is 2.05. The Bertz CT molecular complexity index is 565. The maximum absolute atomic E-state index is 12.5. The van der Waals surface area contributed by atoms with Crippen molar-refractivity contribution in [3.05, 3.63) is 63.1 Å². The fourth-order valence-corrected chi connectivity index (χ4v) is 3.16. The molecule has 1 radical (unpaired) electrons. The summed E-state index contributed by atoms with van der Waals surface area (Å²) in [5.74, 6) is 0.129. The topological polar surface area (TPSA) is 20.3 Å². The zero-order valence-corrected chi connectivity index (χ0v) is 15.2. The molecule has 2 aromatic rings. The highest BCUT2D eigenvalue weighted by atomic mass is 79.9. The summed E-state index contributed by atoms with van der Waals surface area (Å²) in [7, 11) is 0. The summed E-state index contributed by atoms with van der Waals surface area (Å²) in [6.07, 6.45) is 4.87. The first-order chi connectivity index (χ1) is 10.7. The maximum atomic E-state index is 12.5. The Kier molecular flexibility index (Phi) is 7.13. The molecule has 1 aromatic heterocycles. The Hall–Kier alpha value is -1.13. The van der Waals surface area contributed by atoms with Crippen molar-refractivity contribution in [2.24, 2.45) is 0 Å². The fourth-order valence-electron chi connectivity index (χ4n) is 2.17. The molecule has 0 saturated heterocycles. The third kappa shape index (κ3) is 5.58. The summed E-state index contributed by atoms with van der Waals surface area (Å²) in [4.78, 5) is 15.6. The number of halogens is 1. The standard InChI is InChI=1S/C18H21BrNOS/c1-2-3-4-7-18(21)20(14-17-6-5-12-22-17)13-15-8-10-16(19)11-9-15/h5-12H,2-4,13-14H2,1H3. The summed E-state index contributed by atoms with van der Waals surface area (Å²) >= 11 is 5.14. The average Bonchev–Trinajstić information content (AvgIpc) is 3.02. The van der Waals surface area contributed by atoms with Crippen LogP contribution >= 0.6 is 27.3 Å². The van der Waals surface area contributed by atoms with Gasteiger partial charge >= 0.3 is 0 Å². The van der Waals surface area contributed by atoms with E-state index in [4.69, 9.17) is 0 Å². The molecular weight excluding hydrogens is 358 g/mol. The van der Waals surface area contributed by atoms with E-state index >= 15 is 0 Å². The van der Waals surface area contributed by atoms with E-state index in [0.717, 1.165) is 29.3 Å². The van der Waals surface area contributed by atoms with Crippen LogP contribution in [0.3, 0.4) is 0 Å². The van der Waals surface area contributed by atoms with Gasteiger partial charge in [0, 0.05) is 22.3 Å². The highest BCUT2D eigenvalue weighted by molar-refractivity contribution is 9.10. The second-order valence-corrected chi connectivity index (χ2v) is 7.19. The van der Waals surface area contributed by atoms with Crippen LogP contribution in [-0.4, -0.2) is 10.8 Å². The van der Waals surface area contributed by atoms with Gasteiger partial charge in [-0.25, -0.2) is 0 Å². The predicted octanol–water partition coefficient (Wildman–Crippen LogP) is 5.43. The van der Waals surface area contributed by atoms with E-state index < -0.39 is 0 Å². The SMILES string of the molecule is CCCC[CH]C(=O)N(Cc1ccc(Br)cc1)Cc1cccs1. The number of amides is 1. The van der Waals surface area contributed by atoms with Gasteiger partial charge in [0.2, 0.25) is 5.91 Å². The smallest absolute Gasteiger partial charge is 0.227 e. The molecule has 0 aliphatic heterocycles. The second kappa shape index (κ2) is 9.11. The lowest BCUT2D eigenvalue weighted by atomic mass is 10.1. The van der Waals surface area contributed by atoms with Crippen LogP contribution in [0, 0.1) is 6.42 Å². The van der Waals surface area contributed by atoms with E-state index in [-0.39, 0.29) is 5.91 Å². The Morgan fingerprint density at radius 1 is 1.23 bits per heavy atom. The van der Waals surface area contributed by atoms with Crippen molar-refractivity contribution in [3.63, 3.8) is 0 Å². The van der Waals surface area contributed by atoms with Crippen molar-refractivity contribution in [3.8, 4) is 0 Å². The lowest BCUT2D eigenvalue weighted by Crippen LogP contribution is -2.30. The molecule has 0 fully saturated rings. The van der Waals surface area contributed by atoms with Crippen molar-refractivity contribution < 1.29 is 4.79 Å². The Balaban J connectivity index is 2.03. The van der Waals surface area contributed by atoms with E-state index in [1.54, 1.807) is 11.3 Å². The predicted molar refractivity (Wildman–Crippen MR) is 96.5 cm³/mol. The molecule has 1 aromatic carbocycles. The van der Waals surface area contributed by atoms with E-state index in [9.17, 15) is 4.79 Å². The average molecular weight is 379 g/mol. The Morgan fingerprint density at radius 2 is 2.00 bits per heavy atom. The molecule has 22 heavy (non-hydrogen) atoms. The number of benzene rings is 1. The normalized spacial score (nSPS) is 10.6. The van der Waals surface area contributed by atoms with Crippen molar-refractivity contribution in [1.29, 1.82) is 0 Å². The van der Waals surface area contributed by atoms with Crippen LogP contribution in [0.2, 0.25) is 0 Å². The van der Waals surface area contributed by atoms with Crippen LogP contribution in [0.1, 0.15) is 36.6 Å². The van der Waals surface area contributed by atoms with E-state index in [2.05, 4.69) is 46.4 Å². The highest BCUT2D eigenvalue weighted by Gasteiger charge is 2.15. The largest absolute Gasteiger partial charge is 0.333 e. The molecule has 0 aliphatic rings. The van der Waals surface area contributed by atoms with Gasteiger partial charge in [-0.2, -0.15) is 0 Å². The lowest BCUT2D eigenvalue weighted by Gasteiger charge is -2.22. The lowest BCUT2D eigenvalue weighted by molar-refractivity contribution is -0.128. The summed E-state index contributed by atoms with van der Waals surface area (Å²) in [6, 6.07) is 12.3. The first kappa shape index (κ1) is 17.2. The number of unbranched alkanes of at least 4 members (excludes halogenated alkanes) is 2. The number of rotatable bonds is 8. The van der Waals surface area contributed by atoms with Gasteiger partial charge in [0.15, 0.2) is 0 Å². The number of hydrogen-bond acceptors (Lipinski definition) is 2. The molecule has 0 aliphatic carbocycles. The maximum Gasteiger partial charge on any atom is 0.227 e. The van der Waals surface area contributed by atoms with E-state index in [1.807, 2.05) is 29.5 Å². The minimum Gasteiger partial charge on any atom is -0.333 e. The molecule has 4 heteroatoms. The van der Waals surface area contributed by atoms with Crippen LogP contribution in [0.4, 0.5) is 0 Å². The van der Waals surface area contributed by atoms with Crippen molar-refractivity contribution >= 4 is 33.2 Å². The Labute approximate surface area is 145 Å². The molecular formula is C18H21BrNOS.